The Morgan fingerprint density at radius 2 is 1.06 bits per heavy atom. The van der Waals surface area contributed by atoms with Crippen LogP contribution in [0.2, 0.25) is 0 Å². The van der Waals surface area contributed by atoms with Crippen LogP contribution in [0.25, 0.3) is 95.0 Å². The first kappa shape index (κ1) is 46.6. The zero-order valence-electron chi connectivity index (χ0n) is 42.5. The topological polar surface area (TPSA) is 50.9 Å². The van der Waals surface area contributed by atoms with Crippen molar-refractivity contribution in [2.75, 3.05) is 0 Å². The molecule has 1 fully saturated rings. The molecule has 0 atom stereocenters. The minimum Gasteiger partial charge on any atom is -0.507 e. The number of pyridine rings is 1. The number of aromatic hydroxyl groups is 1. The summed E-state index contributed by atoms with van der Waals surface area (Å²) in [5, 5.41) is 12.8. The number of hydrogen-bond donors (Lipinski definition) is 1. The van der Waals surface area contributed by atoms with E-state index >= 15 is 0 Å². The maximum absolute atomic E-state index is 12.8. The minimum atomic E-state index is -0.155. The molecule has 8 aromatic carbocycles. The molecular formula is C68H63N3O. The number of phenolic OH excluding ortho intramolecular Hbond substituents is 1. The SMILES string of the molecule is CC(C)(C)c1cc(-c2cc(-c3ccc(C4CCCCC4)cc3)ccn2)cc(-c2cccc3c2nc(-c2cccc(-c4ccccc4-c4ccccc4)c2O)n3-c2ccc(C(C)(C)C)cc2-c2ccccc2)c1. The Labute approximate surface area is 425 Å². The smallest absolute Gasteiger partial charge is 0.149 e. The summed E-state index contributed by atoms with van der Waals surface area (Å²) >= 11 is 0. The van der Waals surface area contributed by atoms with Gasteiger partial charge in [0, 0.05) is 28.5 Å². The zero-order valence-corrected chi connectivity index (χ0v) is 42.5. The van der Waals surface area contributed by atoms with E-state index < -0.39 is 0 Å². The molecule has 0 bridgehead atoms. The number of hydrogen-bond acceptors (Lipinski definition) is 3. The molecule has 0 amide bonds. The van der Waals surface area contributed by atoms with Gasteiger partial charge in [-0.15, -0.1) is 0 Å². The van der Waals surface area contributed by atoms with Crippen molar-refractivity contribution in [1.29, 1.82) is 0 Å². The van der Waals surface area contributed by atoms with E-state index in [0.717, 1.165) is 78.0 Å². The predicted octanol–water partition coefficient (Wildman–Crippen LogP) is 18.4. The van der Waals surface area contributed by atoms with Gasteiger partial charge in [-0.25, -0.2) is 4.98 Å². The third-order valence-electron chi connectivity index (χ3n) is 14.9. The van der Waals surface area contributed by atoms with Gasteiger partial charge in [0.1, 0.15) is 11.6 Å². The monoisotopic (exact) mass is 937 g/mol. The van der Waals surface area contributed by atoms with Gasteiger partial charge in [0.25, 0.3) is 0 Å². The van der Waals surface area contributed by atoms with Crippen LogP contribution in [0.3, 0.4) is 0 Å². The molecule has 0 radical (unpaired) electrons. The Bertz CT molecular complexity index is 3570. The van der Waals surface area contributed by atoms with Crippen molar-refractivity contribution in [2.45, 2.75) is 90.4 Å². The Morgan fingerprint density at radius 1 is 0.444 bits per heavy atom. The van der Waals surface area contributed by atoms with Crippen molar-refractivity contribution >= 4 is 11.0 Å². The second-order valence-corrected chi connectivity index (χ2v) is 21.8. The quantitative estimate of drug-likeness (QED) is 0.157. The Kier molecular flexibility index (Phi) is 12.3. The highest BCUT2D eigenvalue weighted by molar-refractivity contribution is 5.99. The number of nitrogens with zero attached hydrogens (tertiary/aromatic N) is 3. The standard InChI is InChI=1S/C68H63N3O/c1-67(2,3)53-36-37-62(60(44-53)49-24-14-9-15-25-49)71-63-31-19-28-56(64(63)70-66(71)59-30-18-29-58(65(59)72)57-27-17-16-26-55(57)48-22-12-8-13-23-48)51-40-52(42-54(41-51)68(4,5)6)61-43-50(38-39-69-61)47-34-32-46(33-35-47)45-20-10-7-11-21-45/h8-9,12-19,22-45,72H,7,10-11,20-21H2,1-6H3. The molecule has 0 unspecified atom stereocenters. The van der Waals surface area contributed by atoms with Crippen molar-refractivity contribution in [3.63, 3.8) is 0 Å². The van der Waals surface area contributed by atoms with E-state index in [2.05, 4.69) is 210 Å². The van der Waals surface area contributed by atoms with Crippen LogP contribution >= 0.6 is 0 Å². The number of para-hydroxylation sites is 2. The van der Waals surface area contributed by atoms with Gasteiger partial charge in [-0.2, -0.15) is 0 Å². The molecule has 4 nitrogen and oxygen atoms in total. The van der Waals surface area contributed by atoms with Crippen LogP contribution in [0.4, 0.5) is 0 Å². The van der Waals surface area contributed by atoms with Crippen LogP contribution in [-0.2, 0) is 10.8 Å². The lowest BCUT2D eigenvalue weighted by molar-refractivity contribution is 0.443. The van der Waals surface area contributed by atoms with Crippen molar-refractivity contribution in [1.82, 2.24) is 14.5 Å². The first-order valence-electron chi connectivity index (χ1n) is 25.8. The van der Waals surface area contributed by atoms with Gasteiger partial charge in [0.2, 0.25) is 0 Å². The van der Waals surface area contributed by atoms with Crippen LogP contribution < -0.4 is 0 Å². The first-order chi connectivity index (χ1) is 34.9. The molecule has 1 aliphatic rings. The van der Waals surface area contributed by atoms with Crippen LogP contribution in [-0.4, -0.2) is 19.6 Å². The molecule has 1 saturated carbocycles. The van der Waals surface area contributed by atoms with E-state index in [-0.39, 0.29) is 16.6 Å². The molecule has 0 saturated heterocycles. The van der Waals surface area contributed by atoms with E-state index in [0.29, 0.717) is 17.3 Å². The molecule has 2 heterocycles. The summed E-state index contributed by atoms with van der Waals surface area (Å²) in [5.41, 5.74) is 19.5. The van der Waals surface area contributed by atoms with Crippen molar-refractivity contribution in [3.8, 4) is 89.7 Å². The number of rotatable bonds is 9. The predicted molar refractivity (Wildman–Crippen MR) is 302 cm³/mol. The molecule has 2 aromatic heterocycles. The highest BCUT2D eigenvalue weighted by Gasteiger charge is 2.26. The number of fused-ring (bicyclic) bond motifs is 1. The van der Waals surface area contributed by atoms with Gasteiger partial charge in [0.15, 0.2) is 0 Å². The van der Waals surface area contributed by atoms with Crippen molar-refractivity contribution in [2.24, 2.45) is 0 Å². The van der Waals surface area contributed by atoms with Gasteiger partial charge in [0.05, 0.1) is 28.0 Å². The Hall–Kier alpha value is -7.82. The molecule has 10 aromatic rings. The molecule has 356 valence electrons. The second kappa shape index (κ2) is 19.1. The number of phenols is 1. The molecular weight excluding hydrogens is 875 g/mol. The van der Waals surface area contributed by atoms with Gasteiger partial charge in [-0.3, -0.25) is 9.55 Å². The highest BCUT2D eigenvalue weighted by atomic mass is 16.3. The van der Waals surface area contributed by atoms with Crippen LogP contribution in [0.5, 0.6) is 5.75 Å². The lowest BCUT2D eigenvalue weighted by atomic mass is 9.83. The molecule has 1 N–H and O–H groups in total. The van der Waals surface area contributed by atoms with E-state index in [4.69, 9.17) is 9.97 Å². The fourth-order valence-corrected chi connectivity index (χ4v) is 10.8. The van der Waals surface area contributed by atoms with E-state index in [1.807, 2.05) is 36.5 Å². The van der Waals surface area contributed by atoms with Crippen molar-refractivity contribution in [3.05, 3.63) is 217 Å². The summed E-state index contributed by atoms with van der Waals surface area (Å²) in [4.78, 5) is 10.7. The summed E-state index contributed by atoms with van der Waals surface area (Å²) in [6, 6.07) is 69.3. The lowest BCUT2D eigenvalue weighted by Gasteiger charge is -2.23. The van der Waals surface area contributed by atoms with Crippen LogP contribution in [0.1, 0.15) is 96.3 Å². The van der Waals surface area contributed by atoms with Crippen LogP contribution in [0.15, 0.2) is 200 Å². The largest absolute Gasteiger partial charge is 0.507 e. The zero-order chi connectivity index (χ0) is 49.6. The first-order valence-corrected chi connectivity index (χ1v) is 25.8. The third kappa shape index (κ3) is 9.07. The van der Waals surface area contributed by atoms with Gasteiger partial charge >= 0.3 is 0 Å². The molecule has 4 heteroatoms. The van der Waals surface area contributed by atoms with E-state index in [9.17, 15) is 5.11 Å². The average molecular weight is 938 g/mol. The van der Waals surface area contributed by atoms with Crippen molar-refractivity contribution < 1.29 is 5.11 Å². The third-order valence-corrected chi connectivity index (χ3v) is 14.9. The fourth-order valence-electron chi connectivity index (χ4n) is 10.8. The van der Waals surface area contributed by atoms with Gasteiger partial charge < -0.3 is 5.11 Å². The van der Waals surface area contributed by atoms with Gasteiger partial charge in [-0.05, 0) is 134 Å². The van der Waals surface area contributed by atoms with E-state index in [1.165, 1.54) is 54.4 Å². The summed E-state index contributed by atoms with van der Waals surface area (Å²) in [7, 11) is 0. The normalized spacial score (nSPS) is 13.4. The summed E-state index contributed by atoms with van der Waals surface area (Å²) < 4.78 is 2.27. The summed E-state index contributed by atoms with van der Waals surface area (Å²) in [6.07, 6.45) is 8.55. The molecule has 72 heavy (non-hydrogen) atoms. The summed E-state index contributed by atoms with van der Waals surface area (Å²) in [5.74, 6) is 1.51. The van der Waals surface area contributed by atoms with Gasteiger partial charge in [-0.1, -0.05) is 206 Å². The molecule has 11 rings (SSSR count). The molecule has 0 spiro atoms. The highest BCUT2D eigenvalue weighted by Crippen LogP contribution is 2.46. The number of imidazole rings is 1. The average Bonchev–Trinajstić information content (AvgIpc) is 3.80. The van der Waals surface area contributed by atoms with E-state index in [1.54, 1.807) is 0 Å². The summed E-state index contributed by atoms with van der Waals surface area (Å²) in [6.45, 7) is 13.6. The number of aromatic nitrogens is 3. The second-order valence-electron chi connectivity index (χ2n) is 21.8. The molecule has 1 aliphatic carbocycles. The minimum absolute atomic E-state index is 0.0862. The Morgan fingerprint density at radius 3 is 1.76 bits per heavy atom. The maximum atomic E-state index is 12.8. The Balaban J connectivity index is 1.11. The van der Waals surface area contributed by atoms with Crippen LogP contribution in [0, 0.1) is 0 Å². The maximum Gasteiger partial charge on any atom is 0.149 e. The number of benzene rings is 8. The fraction of sp³-hybridized carbons (Fsp3) is 0.206. The molecule has 0 aliphatic heterocycles. The lowest BCUT2D eigenvalue weighted by Crippen LogP contribution is -2.12.